The number of nitrogens with two attached hydrogens (primary N) is 1. The second-order valence-corrected chi connectivity index (χ2v) is 5.86. The summed E-state index contributed by atoms with van der Waals surface area (Å²) in [6.45, 7) is 4.78. The van der Waals surface area contributed by atoms with E-state index in [2.05, 4.69) is 12.2 Å². The van der Waals surface area contributed by atoms with Gasteiger partial charge in [-0.25, -0.2) is 0 Å². The highest BCUT2D eigenvalue weighted by Crippen LogP contribution is 2.16. The molecule has 0 saturated heterocycles. The van der Waals surface area contributed by atoms with Gasteiger partial charge in [0.2, 0.25) is 0 Å². The fourth-order valence-electron chi connectivity index (χ4n) is 1.19. The van der Waals surface area contributed by atoms with Crippen molar-refractivity contribution in [3.8, 4) is 0 Å². The smallest absolute Gasteiger partial charge is 0.377 e. The molecule has 5 nitrogen and oxygen atoms in total. The molecule has 0 aromatic heterocycles. The molecule has 86 valence electrons. The van der Waals surface area contributed by atoms with Crippen LogP contribution in [0.25, 0.3) is 0 Å². The first-order valence-electron chi connectivity index (χ1n) is 4.91. The normalized spacial score (nSPS) is 14.4. The van der Waals surface area contributed by atoms with E-state index in [1.807, 2.05) is 6.92 Å². The molecule has 0 fully saturated rings. The Bertz CT molecular complexity index is 145. The molecule has 0 radical (unpaired) electrons. The Labute approximate surface area is 87.3 Å². The van der Waals surface area contributed by atoms with Crippen LogP contribution in [0.5, 0.6) is 0 Å². The van der Waals surface area contributed by atoms with Crippen molar-refractivity contribution in [3.63, 3.8) is 0 Å². The molecule has 0 heterocycles. The number of hydrogen-bond acceptors (Lipinski definition) is 5. The Hall–Kier alpha value is 0.0169. The molecule has 0 aromatic carbocycles. The third-order valence-corrected chi connectivity index (χ3v) is 4.86. The highest BCUT2D eigenvalue weighted by Gasteiger charge is 2.39. The van der Waals surface area contributed by atoms with Gasteiger partial charge < -0.3 is 13.3 Å². The molecule has 14 heavy (non-hydrogen) atoms. The van der Waals surface area contributed by atoms with Crippen LogP contribution in [-0.4, -0.2) is 35.9 Å². The van der Waals surface area contributed by atoms with Crippen LogP contribution in [0.1, 0.15) is 20.3 Å². The van der Waals surface area contributed by atoms with Gasteiger partial charge in [-0.1, -0.05) is 20.3 Å². The summed E-state index contributed by atoms with van der Waals surface area (Å²) < 4.78 is 16.2. The van der Waals surface area contributed by atoms with Crippen LogP contribution in [0.4, 0.5) is 0 Å². The zero-order valence-electron chi connectivity index (χ0n) is 9.50. The summed E-state index contributed by atoms with van der Waals surface area (Å²) >= 11 is 0. The molecule has 1 atom stereocenters. The van der Waals surface area contributed by atoms with Gasteiger partial charge in [0, 0.05) is 20.3 Å². The Morgan fingerprint density at radius 1 is 1.29 bits per heavy atom. The van der Waals surface area contributed by atoms with Gasteiger partial charge in [0.25, 0.3) is 0 Å². The first-order chi connectivity index (χ1) is 6.64. The number of nitrogens with one attached hydrogen (secondary N) is 1. The molecule has 0 spiro atoms. The topological polar surface area (TPSA) is 65.7 Å². The molecular weight excluding hydrogens is 200 g/mol. The van der Waals surface area contributed by atoms with Crippen LogP contribution >= 0.6 is 0 Å². The lowest BCUT2D eigenvalue weighted by atomic mass is 10.6. The average Bonchev–Trinajstić information content (AvgIpc) is 2.17. The van der Waals surface area contributed by atoms with Crippen molar-refractivity contribution < 1.29 is 13.3 Å². The lowest BCUT2D eigenvalue weighted by Crippen LogP contribution is -2.53. The van der Waals surface area contributed by atoms with Crippen LogP contribution in [0, 0.1) is 0 Å². The van der Waals surface area contributed by atoms with Crippen molar-refractivity contribution in [2.24, 2.45) is 5.73 Å². The SMILES string of the molecule is CCC[Si](OC)(OC)OC(N)NCC. The van der Waals surface area contributed by atoms with Gasteiger partial charge in [0.1, 0.15) is 0 Å². The summed E-state index contributed by atoms with van der Waals surface area (Å²) in [4.78, 5) is 0. The fourth-order valence-corrected chi connectivity index (χ4v) is 3.15. The van der Waals surface area contributed by atoms with Gasteiger partial charge in [0.05, 0.1) is 0 Å². The van der Waals surface area contributed by atoms with Crippen molar-refractivity contribution in [2.75, 3.05) is 20.8 Å². The summed E-state index contributed by atoms with van der Waals surface area (Å²) in [5, 5.41) is 2.96. The van der Waals surface area contributed by atoms with Crippen LogP contribution < -0.4 is 11.1 Å². The molecule has 0 aliphatic rings. The Morgan fingerprint density at radius 3 is 2.21 bits per heavy atom. The number of hydrogen-bond donors (Lipinski definition) is 2. The van der Waals surface area contributed by atoms with E-state index in [0.717, 1.165) is 19.0 Å². The van der Waals surface area contributed by atoms with E-state index in [9.17, 15) is 0 Å². The molecule has 0 aliphatic heterocycles. The van der Waals surface area contributed by atoms with Crippen molar-refractivity contribution in [1.29, 1.82) is 0 Å². The van der Waals surface area contributed by atoms with E-state index < -0.39 is 15.2 Å². The zero-order valence-corrected chi connectivity index (χ0v) is 10.5. The molecule has 1 unspecified atom stereocenters. The van der Waals surface area contributed by atoms with Crippen LogP contribution in [0.3, 0.4) is 0 Å². The van der Waals surface area contributed by atoms with E-state index in [-0.39, 0.29) is 0 Å². The Kier molecular flexibility index (Phi) is 7.34. The first-order valence-corrected chi connectivity index (χ1v) is 6.84. The predicted octanol–water partition coefficient (Wildman–Crippen LogP) is 0.497. The van der Waals surface area contributed by atoms with Gasteiger partial charge in [-0.2, -0.15) is 0 Å². The quantitative estimate of drug-likeness (QED) is 0.462. The minimum atomic E-state index is -2.53. The third kappa shape index (κ3) is 4.49. The van der Waals surface area contributed by atoms with E-state index in [1.54, 1.807) is 14.2 Å². The lowest BCUT2D eigenvalue weighted by molar-refractivity contribution is 0.0431. The summed E-state index contributed by atoms with van der Waals surface area (Å²) in [6, 6.07) is 0.777. The van der Waals surface area contributed by atoms with Gasteiger partial charge >= 0.3 is 8.80 Å². The Balaban J connectivity index is 4.18. The highest BCUT2D eigenvalue weighted by molar-refractivity contribution is 6.60. The minimum Gasteiger partial charge on any atom is -0.377 e. The summed E-state index contributed by atoms with van der Waals surface area (Å²) in [5.41, 5.74) is 5.69. The summed E-state index contributed by atoms with van der Waals surface area (Å²) in [6.07, 6.45) is 0.436. The van der Waals surface area contributed by atoms with Crippen LogP contribution in [0.15, 0.2) is 0 Å². The molecule has 0 rings (SSSR count). The van der Waals surface area contributed by atoms with Gasteiger partial charge in [-0.15, -0.1) is 0 Å². The maximum atomic E-state index is 5.69. The average molecular weight is 222 g/mol. The monoisotopic (exact) mass is 222 g/mol. The molecule has 0 amide bonds. The molecule has 0 bridgehead atoms. The van der Waals surface area contributed by atoms with E-state index in [4.69, 9.17) is 19.0 Å². The van der Waals surface area contributed by atoms with Crippen molar-refractivity contribution in [1.82, 2.24) is 5.32 Å². The third-order valence-electron chi connectivity index (χ3n) is 1.89. The van der Waals surface area contributed by atoms with Crippen LogP contribution in [0.2, 0.25) is 6.04 Å². The van der Waals surface area contributed by atoms with Gasteiger partial charge in [0.15, 0.2) is 6.35 Å². The molecule has 3 N–H and O–H groups in total. The number of rotatable bonds is 8. The fraction of sp³-hybridized carbons (Fsp3) is 1.00. The summed E-state index contributed by atoms with van der Waals surface area (Å²) in [7, 11) is 0.671. The Morgan fingerprint density at radius 2 is 1.86 bits per heavy atom. The second-order valence-electron chi connectivity index (χ2n) is 2.94. The molecule has 0 aromatic rings. The van der Waals surface area contributed by atoms with Gasteiger partial charge in [-0.05, 0) is 6.54 Å². The second kappa shape index (κ2) is 7.33. The molecule has 0 saturated carbocycles. The lowest BCUT2D eigenvalue weighted by Gasteiger charge is -2.29. The van der Waals surface area contributed by atoms with Crippen molar-refractivity contribution >= 4 is 8.80 Å². The maximum absolute atomic E-state index is 5.69. The zero-order chi connectivity index (χ0) is 11.0. The maximum Gasteiger partial charge on any atom is 0.502 e. The molecule has 0 aliphatic carbocycles. The van der Waals surface area contributed by atoms with E-state index in [0.29, 0.717) is 0 Å². The molecule has 6 heteroatoms. The highest BCUT2D eigenvalue weighted by atomic mass is 28.4. The predicted molar refractivity (Wildman–Crippen MR) is 57.6 cm³/mol. The molecular formula is C8H22N2O3Si. The van der Waals surface area contributed by atoms with Crippen LogP contribution in [-0.2, 0) is 13.3 Å². The minimum absolute atomic E-state index is 0.516. The largest absolute Gasteiger partial charge is 0.502 e. The first kappa shape index (κ1) is 14.0. The van der Waals surface area contributed by atoms with E-state index in [1.165, 1.54) is 0 Å². The van der Waals surface area contributed by atoms with Crippen molar-refractivity contribution in [2.45, 2.75) is 32.7 Å². The summed E-state index contributed by atoms with van der Waals surface area (Å²) in [5.74, 6) is 0. The van der Waals surface area contributed by atoms with Crippen molar-refractivity contribution in [3.05, 3.63) is 0 Å². The van der Waals surface area contributed by atoms with E-state index >= 15 is 0 Å². The standard InChI is InChI=1S/C8H22N2O3Si/c1-5-7-14(11-3,12-4)13-8(9)10-6-2/h8,10H,5-7,9H2,1-4H3. The van der Waals surface area contributed by atoms with Gasteiger partial charge in [-0.3, -0.25) is 11.1 Å².